The summed E-state index contributed by atoms with van der Waals surface area (Å²) < 4.78 is 5.60. The lowest BCUT2D eigenvalue weighted by Crippen LogP contribution is -2.39. The van der Waals surface area contributed by atoms with E-state index in [0.717, 1.165) is 10.9 Å². The molecule has 3 N–H and O–H groups in total. The molecule has 4 heterocycles. The van der Waals surface area contributed by atoms with E-state index in [0.29, 0.717) is 28.0 Å². The molecule has 0 aliphatic heterocycles. The monoisotopic (exact) mass is 424 g/mol. The molecule has 5 rings (SSSR count). The lowest BCUT2D eigenvalue weighted by Gasteiger charge is -2.07. The Labute approximate surface area is 173 Å². The van der Waals surface area contributed by atoms with E-state index in [4.69, 9.17) is 17.3 Å². The largest absolute Gasteiger partial charge is 0.382 e. The molecule has 11 heteroatoms. The number of anilines is 1. The molecule has 1 aromatic carbocycles. The highest BCUT2D eigenvalue weighted by molar-refractivity contribution is 6.31. The van der Waals surface area contributed by atoms with Gasteiger partial charge >= 0.3 is 5.69 Å². The number of imidazole rings is 1. The zero-order chi connectivity index (χ0) is 21.2. The molecular formula is C19H17ClN8O2. The van der Waals surface area contributed by atoms with E-state index in [1.807, 2.05) is 18.2 Å². The Morgan fingerprint density at radius 3 is 2.67 bits per heavy atom. The predicted molar refractivity (Wildman–Crippen MR) is 114 cm³/mol. The SMILES string of the molecule is Cn1c(-n2ccc(N)n2)nc2c1c(=O)n(Cc1cc3cc(Cl)ccc3[nH]1)c(=O)n2C. The molecule has 0 atom stereocenters. The van der Waals surface area contributed by atoms with Gasteiger partial charge in [-0.2, -0.15) is 4.98 Å². The summed E-state index contributed by atoms with van der Waals surface area (Å²) in [6.45, 7) is 0.0863. The van der Waals surface area contributed by atoms with E-state index in [9.17, 15) is 9.59 Å². The average Bonchev–Trinajstić information content (AvgIpc) is 3.40. The normalized spacial score (nSPS) is 11.7. The Balaban J connectivity index is 1.69. The number of rotatable bonds is 3. The molecule has 0 saturated carbocycles. The number of nitrogens with zero attached hydrogens (tertiary/aromatic N) is 6. The molecule has 5 aromatic rings. The van der Waals surface area contributed by atoms with Gasteiger partial charge < -0.3 is 15.3 Å². The van der Waals surface area contributed by atoms with E-state index < -0.39 is 11.2 Å². The topological polar surface area (TPSA) is 121 Å². The molecule has 10 nitrogen and oxygen atoms in total. The van der Waals surface area contributed by atoms with Crippen molar-refractivity contribution >= 4 is 39.5 Å². The first kappa shape index (κ1) is 18.3. The fraction of sp³-hybridized carbons (Fsp3) is 0.158. The van der Waals surface area contributed by atoms with Gasteiger partial charge in [-0.25, -0.2) is 9.48 Å². The molecular weight excluding hydrogens is 408 g/mol. The lowest BCUT2D eigenvalue weighted by molar-refractivity contribution is 0.648. The van der Waals surface area contributed by atoms with Crippen molar-refractivity contribution in [2.75, 3.05) is 5.73 Å². The van der Waals surface area contributed by atoms with Gasteiger partial charge in [-0.3, -0.25) is 13.9 Å². The summed E-state index contributed by atoms with van der Waals surface area (Å²) in [6.07, 6.45) is 1.64. The Kier molecular flexibility index (Phi) is 3.87. The van der Waals surface area contributed by atoms with Crippen molar-refractivity contribution in [2.24, 2.45) is 14.1 Å². The number of fused-ring (bicyclic) bond motifs is 2. The number of hydrogen-bond donors (Lipinski definition) is 2. The van der Waals surface area contributed by atoms with Gasteiger partial charge in [0.25, 0.3) is 5.56 Å². The molecule has 152 valence electrons. The van der Waals surface area contributed by atoms with Crippen LogP contribution >= 0.6 is 11.6 Å². The van der Waals surface area contributed by atoms with Crippen LogP contribution in [-0.2, 0) is 20.6 Å². The van der Waals surface area contributed by atoms with Crippen molar-refractivity contribution in [1.82, 2.24) is 33.4 Å². The van der Waals surface area contributed by atoms with Crippen LogP contribution in [0, 0.1) is 0 Å². The van der Waals surface area contributed by atoms with Crippen LogP contribution in [0.15, 0.2) is 46.1 Å². The smallest absolute Gasteiger partial charge is 0.332 e. The third-order valence-electron chi connectivity index (χ3n) is 5.12. The first-order chi connectivity index (χ1) is 14.3. The summed E-state index contributed by atoms with van der Waals surface area (Å²) in [4.78, 5) is 33.9. The number of benzene rings is 1. The molecule has 0 aliphatic carbocycles. The first-order valence-electron chi connectivity index (χ1n) is 9.08. The summed E-state index contributed by atoms with van der Waals surface area (Å²) in [7, 11) is 3.28. The number of hydrogen-bond acceptors (Lipinski definition) is 5. The van der Waals surface area contributed by atoms with Crippen LogP contribution in [0.4, 0.5) is 5.82 Å². The van der Waals surface area contributed by atoms with Crippen molar-refractivity contribution in [3.05, 3.63) is 68.1 Å². The summed E-state index contributed by atoms with van der Waals surface area (Å²) in [5, 5.41) is 5.66. The Hall–Kier alpha value is -3.79. The van der Waals surface area contributed by atoms with Crippen LogP contribution in [0.3, 0.4) is 0 Å². The molecule has 0 bridgehead atoms. The highest BCUT2D eigenvalue weighted by Gasteiger charge is 2.20. The number of H-pyrrole nitrogens is 1. The second-order valence-corrected chi connectivity index (χ2v) is 7.52. The van der Waals surface area contributed by atoms with Gasteiger partial charge in [0.05, 0.1) is 6.54 Å². The molecule has 30 heavy (non-hydrogen) atoms. The quantitative estimate of drug-likeness (QED) is 0.453. The van der Waals surface area contributed by atoms with Crippen molar-refractivity contribution in [3.63, 3.8) is 0 Å². The summed E-state index contributed by atoms with van der Waals surface area (Å²) in [5.74, 6) is 0.707. The lowest BCUT2D eigenvalue weighted by atomic mass is 10.2. The fourth-order valence-electron chi connectivity index (χ4n) is 3.64. The molecule has 0 unspecified atom stereocenters. The van der Waals surface area contributed by atoms with Crippen LogP contribution < -0.4 is 17.0 Å². The van der Waals surface area contributed by atoms with Gasteiger partial charge in [0, 0.05) is 48.0 Å². The molecule has 0 radical (unpaired) electrons. The van der Waals surface area contributed by atoms with Gasteiger partial charge in [-0.15, -0.1) is 5.10 Å². The summed E-state index contributed by atoms with van der Waals surface area (Å²) in [6, 6.07) is 8.95. The fourth-order valence-corrected chi connectivity index (χ4v) is 3.83. The van der Waals surface area contributed by atoms with Gasteiger partial charge in [-0.1, -0.05) is 11.6 Å². The maximum atomic E-state index is 13.2. The molecule has 0 amide bonds. The van der Waals surface area contributed by atoms with Crippen molar-refractivity contribution in [3.8, 4) is 5.95 Å². The third kappa shape index (κ3) is 2.65. The maximum absolute atomic E-state index is 13.2. The maximum Gasteiger partial charge on any atom is 0.332 e. The highest BCUT2D eigenvalue weighted by atomic mass is 35.5. The van der Waals surface area contributed by atoms with Crippen LogP contribution in [0.2, 0.25) is 5.02 Å². The molecule has 0 fully saturated rings. The van der Waals surface area contributed by atoms with E-state index in [2.05, 4.69) is 15.1 Å². The number of nitrogen functional groups attached to an aromatic ring is 1. The number of nitrogens with two attached hydrogens (primary N) is 1. The average molecular weight is 425 g/mol. The van der Waals surface area contributed by atoms with Crippen molar-refractivity contribution in [1.29, 1.82) is 0 Å². The van der Waals surface area contributed by atoms with E-state index in [-0.39, 0.29) is 12.2 Å². The van der Waals surface area contributed by atoms with E-state index in [1.165, 1.54) is 13.8 Å². The molecule has 0 saturated heterocycles. The third-order valence-corrected chi connectivity index (χ3v) is 5.35. The summed E-state index contributed by atoms with van der Waals surface area (Å²) in [5.41, 5.74) is 6.95. The van der Waals surface area contributed by atoms with Crippen molar-refractivity contribution in [2.45, 2.75) is 6.54 Å². The first-order valence-corrected chi connectivity index (χ1v) is 9.46. The highest BCUT2D eigenvalue weighted by Crippen LogP contribution is 2.20. The van der Waals surface area contributed by atoms with Crippen LogP contribution in [-0.4, -0.2) is 33.4 Å². The minimum absolute atomic E-state index is 0.0863. The molecule has 0 aliphatic rings. The number of halogens is 1. The minimum Gasteiger partial charge on any atom is -0.382 e. The number of aromatic nitrogens is 7. The summed E-state index contributed by atoms with van der Waals surface area (Å²) >= 11 is 6.05. The zero-order valence-electron chi connectivity index (χ0n) is 16.1. The minimum atomic E-state index is -0.464. The van der Waals surface area contributed by atoms with Gasteiger partial charge in [0.1, 0.15) is 5.82 Å². The Bertz CT molecular complexity index is 1570. The van der Waals surface area contributed by atoms with Crippen molar-refractivity contribution < 1.29 is 0 Å². The predicted octanol–water partition coefficient (Wildman–Crippen LogP) is 1.38. The number of aryl methyl sites for hydroxylation is 2. The van der Waals surface area contributed by atoms with Gasteiger partial charge in [0.2, 0.25) is 5.95 Å². The van der Waals surface area contributed by atoms with Gasteiger partial charge in [-0.05, 0) is 24.3 Å². The number of nitrogens with one attached hydrogen (secondary N) is 1. The van der Waals surface area contributed by atoms with E-state index >= 15 is 0 Å². The second-order valence-electron chi connectivity index (χ2n) is 7.09. The van der Waals surface area contributed by atoms with E-state index in [1.54, 1.807) is 37.0 Å². The molecule has 4 aromatic heterocycles. The molecule has 0 spiro atoms. The number of aromatic amines is 1. The van der Waals surface area contributed by atoms with Gasteiger partial charge in [0.15, 0.2) is 11.2 Å². The Morgan fingerprint density at radius 1 is 1.13 bits per heavy atom. The van der Waals surface area contributed by atoms with Crippen LogP contribution in [0.25, 0.3) is 28.0 Å². The standard InChI is InChI=1S/C19H17ClN8O2/c1-25-15-16(23-18(25)28-6-5-14(21)24-28)26(2)19(30)27(17(15)29)9-12-8-10-7-11(20)3-4-13(10)22-12/h3-8,22H,9H2,1-2H3,(H2,21,24). The van der Waals surface area contributed by atoms with Crippen LogP contribution in [0.5, 0.6) is 0 Å². The second kappa shape index (κ2) is 6.36. The van der Waals surface area contributed by atoms with Crippen LogP contribution in [0.1, 0.15) is 5.69 Å². The zero-order valence-corrected chi connectivity index (χ0v) is 16.9. The Morgan fingerprint density at radius 2 is 1.93 bits per heavy atom.